The molecule has 2 aliphatic rings. The number of allylic oxidation sites excluding steroid dienone is 3. The van der Waals surface area contributed by atoms with E-state index < -0.39 is 47.4 Å². The van der Waals surface area contributed by atoms with Crippen molar-refractivity contribution in [1.82, 2.24) is 0 Å². The number of benzene rings is 2. The number of fused-ring (bicyclic) bond motifs is 2. The van der Waals surface area contributed by atoms with Gasteiger partial charge in [0.15, 0.2) is 0 Å². The maximum Gasteiger partial charge on any atom is 0.507 e. The van der Waals surface area contributed by atoms with Crippen LogP contribution in [0.2, 0.25) is 0 Å². The molecule has 2 heterocycles. The van der Waals surface area contributed by atoms with Crippen molar-refractivity contribution in [2.75, 3.05) is 22.9 Å². The van der Waals surface area contributed by atoms with Gasteiger partial charge in [-0.25, -0.2) is 27.4 Å². The van der Waals surface area contributed by atoms with E-state index in [1.54, 1.807) is 0 Å². The van der Waals surface area contributed by atoms with Gasteiger partial charge >= 0.3 is 47.4 Å². The van der Waals surface area contributed by atoms with Gasteiger partial charge in [0.1, 0.15) is 0 Å². The number of anilines is 2. The molecule has 0 aliphatic carbocycles. The molecule has 32 heteroatoms. The molecule has 2 aromatic carbocycles. The fourth-order valence-corrected chi connectivity index (χ4v) is 5.41. The van der Waals surface area contributed by atoms with Crippen LogP contribution in [0.1, 0.15) is 52.7 Å². The third-order valence-electron chi connectivity index (χ3n) is 6.99. The summed E-state index contributed by atoms with van der Waals surface area (Å²) in [5, 5.41) is 0. The van der Waals surface area contributed by atoms with Gasteiger partial charge < -0.3 is 9.80 Å². The van der Waals surface area contributed by atoms with Crippen LogP contribution in [0.25, 0.3) is 0 Å². The highest BCUT2D eigenvalue weighted by atomic mass is 31.2. The third kappa shape index (κ3) is 33.3. The zero-order chi connectivity index (χ0) is 47.8. The average Bonchev–Trinajstić information content (AvgIpc) is 3.30. The molecule has 0 spiro atoms. The quantitative estimate of drug-likeness (QED) is 0.112. The summed E-state index contributed by atoms with van der Waals surface area (Å²) in [5.74, 6) is 0. The molecule has 0 bridgehead atoms. The Balaban J connectivity index is -0.000000846. The lowest BCUT2D eigenvalue weighted by molar-refractivity contribution is 0.320. The molecule has 1 unspecified atom stereocenters. The Morgan fingerprint density at radius 1 is 0.542 bits per heavy atom. The number of para-hydroxylation sites is 2. The van der Waals surface area contributed by atoms with Crippen LogP contribution in [0, 0.1) is 0 Å². The summed E-state index contributed by atoms with van der Waals surface area (Å²) in [5.41, 5.74) is 7.11. The van der Waals surface area contributed by atoms with Gasteiger partial charge in [0.05, 0.1) is 6.04 Å². The van der Waals surface area contributed by atoms with Crippen molar-refractivity contribution in [2.45, 2.75) is 58.4 Å². The number of nitrogens with zero attached hydrogens (tertiary/aromatic N) is 2. The van der Waals surface area contributed by atoms with Gasteiger partial charge in [0.2, 0.25) is 0 Å². The highest BCUT2D eigenvalue weighted by molar-refractivity contribution is 7.46. The molecular weight excluding hydrogens is 940 g/mol. The highest BCUT2D eigenvalue weighted by Crippen LogP contribution is 2.48. The number of hydrogen-bond donors (Lipinski definition) is 12. The van der Waals surface area contributed by atoms with Gasteiger partial charge in [0, 0.05) is 41.0 Å². The summed E-state index contributed by atoms with van der Waals surface area (Å²) in [4.78, 5) is 88.6. The van der Waals surface area contributed by atoms with E-state index in [9.17, 15) is 25.2 Å². The van der Waals surface area contributed by atoms with Crippen LogP contribution in [0.15, 0.2) is 72.5 Å². The molecule has 1 atom stereocenters. The minimum absolute atomic E-state index is 0.0234. The van der Waals surface area contributed by atoms with E-state index in [4.69, 9.17) is 86.1 Å². The molecule has 59 heavy (non-hydrogen) atoms. The second-order valence-corrected chi connectivity index (χ2v) is 17.8. The van der Waals surface area contributed by atoms with Gasteiger partial charge in [-0.3, -0.25) is 58.7 Å². The summed E-state index contributed by atoms with van der Waals surface area (Å²) in [7, 11) is -30.8. The van der Waals surface area contributed by atoms with Crippen molar-refractivity contribution in [3.63, 3.8) is 0 Å². The van der Waals surface area contributed by atoms with E-state index in [-0.39, 0.29) is 10.8 Å². The smallest absolute Gasteiger partial charge is 0.364 e. The predicted octanol–water partition coefficient (Wildman–Crippen LogP) is 6.72. The Labute approximate surface area is 334 Å². The topological polar surface area (TPSA) is 352 Å². The molecule has 0 amide bonds. The molecule has 20 nitrogen and oxygen atoms in total. The van der Waals surface area contributed by atoms with E-state index in [0.717, 1.165) is 13.1 Å². The second kappa shape index (κ2) is 24.6. The summed E-state index contributed by atoms with van der Waals surface area (Å²) >= 11 is 0. The Morgan fingerprint density at radius 3 is 1.17 bits per heavy atom. The molecule has 0 fully saturated rings. The number of halogens is 6. The standard InChI is InChI=1S/C27H34N2.6FH2O3P/c1-7-28-22-16-11-9-14-20(22)26(3,4)24(28)18-13-19-25-27(5,6)21-15-10-12-17-23(21)29(25)8-2;6*1-5(2,3)4/h9-19,24H,7-8H2,1-6H3;6*(H2,2,3,4)/b18-13+,25-19-;;;;;;. The fraction of sp³-hybridized carbons (Fsp3) is 0.407. The molecule has 0 saturated carbocycles. The third-order valence-corrected chi connectivity index (χ3v) is 6.99. The molecule has 2 aliphatic heterocycles. The first-order valence-corrected chi connectivity index (χ1v) is 24.5. The van der Waals surface area contributed by atoms with Crippen molar-refractivity contribution in [2.24, 2.45) is 0 Å². The van der Waals surface area contributed by atoms with E-state index in [2.05, 4.69) is 118 Å². The largest absolute Gasteiger partial charge is 0.507 e. The molecule has 0 saturated heterocycles. The molecular formula is C27H46F6N2O18P6. The predicted molar refractivity (Wildman–Crippen MR) is 205 cm³/mol. The Morgan fingerprint density at radius 2 is 0.847 bits per heavy atom. The first kappa shape index (κ1) is 61.3. The average molecular weight is 986 g/mol. The van der Waals surface area contributed by atoms with Gasteiger partial charge in [-0.1, -0.05) is 76.2 Å². The zero-order valence-corrected chi connectivity index (χ0v) is 36.9. The van der Waals surface area contributed by atoms with Crippen LogP contribution in [0.4, 0.5) is 36.6 Å². The van der Waals surface area contributed by atoms with Crippen LogP contribution in [0.5, 0.6) is 0 Å². The summed E-state index contributed by atoms with van der Waals surface area (Å²) in [6.45, 7) is 15.9. The monoisotopic (exact) mass is 986 g/mol. The van der Waals surface area contributed by atoms with E-state index in [1.807, 2.05) is 0 Å². The van der Waals surface area contributed by atoms with Crippen LogP contribution in [0.3, 0.4) is 0 Å². The van der Waals surface area contributed by atoms with Crippen molar-refractivity contribution in [1.29, 1.82) is 0 Å². The first-order chi connectivity index (χ1) is 25.8. The normalized spacial score (nSPS) is 17.4. The maximum atomic E-state index is 10.4. The van der Waals surface area contributed by atoms with Crippen molar-refractivity contribution < 1.29 is 111 Å². The zero-order valence-electron chi connectivity index (χ0n) is 31.5. The fourth-order valence-electron chi connectivity index (χ4n) is 5.41. The molecule has 0 aromatic heterocycles. The van der Waals surface area contributed by atoms with Gasteiger partial charge in [-0.05, 0) is 43.2 Å². The first-order valence-electron chi connectivity index (χ1n) is 15.5. The van der Waals surface area contributed by atoms with E-state index >= 15 is 0 Å². The van der Waals surface area contributed by atoms with E-state index in [0.29, 0.717) is 6.04 Å². The van der Waals surface area contributed by atoms with Crippen molar-refractivity contribution >= 4 is 58.8 Å². The minimum atomic E-state index is -5.14. The number of likely N-dealkylation sites (N-methyl/N-ethyl adjacent to an activating group) is 2. The maximum absolute atomic E-state index is 10.4. The van der Waals surface area contributed by atoms with Crippen LogP contribution in [-0.4, -0.2) is 77.9 Å². The molecule has 4 rings (SSSR count). The second-order valence-electron chi connectivity index (χ2n) is 12.1. The molecule has 2 aromatic rings. The highest BCUT2D eigenvalue weighted by Gasteiger charge is 2.42. The molecule has 344 valence electrons. The van der Waals surface area contributed by atoms with Gasteiger partial charge in [-0.15, -0.1) is 25.2 Å². The summed E-state index contributed by atoms with van der Waals surface area (Å²) in [6, 6.07) is 18.1. The van der Waals surface area contributed by atoms with Crippen LogP contribution in [-0.2, 0) is 38.2 Å². The van der Waals surface area contributed by atoms with Crippen LogP contribution < -0.4 is 9.80 Å². The molecule has 0 radical (unpaired) electrons. The van der Waals surface area contributed by atoms with Gasteiger partial charge in [-0.2, -0.15) is 0 Å². The lowest BCUT2D eigenvalue weighted by atomic mass is 9.80. The summed E-state index contributed by atoms with van der Waals surface area (Å²) in [6.07, 6.45) is 7.05. The van der Waals surface area contributed by atoms with Crippen LogP contribution >= 0.6 is 47.4 Å². The Kier molecular flexibility index (Phi) is 25.5. The van der Waals surface area contributed by atoms with E-state index in [1.165, 1.54) is 28.2 Å². The Bertz CT molecular complexity index is 1770. The number of hydrogen-bond acceptors (Lipinski definition) is 8. The van der Waals surface area contributed by atoms with Crippen molar-refractivity contribution in [3.8, 4) is 0 Å². The van der Waals surface area contributed by atoms with Crippen molar-refractivity contribution in [3.05, 3.63) is 83.6 Å². The molecule has 12 N–H and O–H groups in total. The lowest BCUT2D eigenvalue weighted by Gasteiger charge is -2.31. The number of rotatable bonds is 4. The lowest BCUT2D eigenvalue weighted by Crippen LogP contribution is -2.39. The van der Waals surface area contributed by atoms with Gasteiger partial charge in [0.25, 0.3) is 0 Å². The minimum Gasteiger partial charge on any atom is -0.364 e. The summed E-state index contributed by atoms with van der Waals surface area (Å²) < 4.78 is 114. The SMILES string of the molecule is CCN1/C(=C\C=C\C2N(CC)c3ccccc3C2(C)C)C(C)(C)c2ccccc21.O=P(O)(O)F.O=P(O)(O)F.O=P(O)(O)F.O=P(O)(O)F.O=P(O)(O)F.O=P(O)(O)F. The Hall–Kier alpha value is -2.00.